The maximum absolute atomic E-state index is 12.8. The Hall–Kier alpha value is -2.81. The van der Waals surface area contributed by atoms with Crippen LogP contribution in [0, 0.1) is 0 Å². The average Bonchev–Trinajstić information content (AvgIpc) is 3.28. The Bertz CT molecular complexity index is 1340. The highest BCUT2D eigenvalue weighted by Crippen LogP contribution is 2.40. The predicted octanol–water partition coefficient (Wildman–Crippen LogP) is 3.70. The summed E-state index contributed by atoms with van der Waals surface area (Å²) in [6.07, 6.45) is 1.70. The first-order chi connectivity index (χ1) is 14.4. The zero-order valence-electron chi connectivity index (χ0n) is 16.1. The third-order valence-electron chi connectivity index (χ3n) is 4.35. The Morgan fingerprint density at radius 3 is 2.30 bits per heavy atom. The molecule has 0 radical (unpaired) electrons. The average molecular weight is 464 g/mol. The molecule has 0 atom stereocenters. The number of nitrogens with zero attached hydrogens (tertiary/aromatic N) is 3. The number of methoxy groups -OCH3 is 3. The lowest BCUT2D eigenvalue weighted by molar-refractivity contribution is 0.324. The summed E-state index contributed by atoms with van der Waals surface area (Å²) in [6.45, 7) is 0. The zero-order chi connectivity index (χ0) is 21.4. The van der Waals surface area contributed by atoms with E-state index in [1.807, 2.05) is 0 Å². The van der Waals surface area contributed by atoms with Crippen molar-refractivity contribution in [3.8, 4) is 28.6 Å². The molecule has 154 valence electrons. The molecule has 0 saturated carbocycles. The number of aromatic nitrogens is 3. The molecule has 0 saturated heterocycles. The minimum Gasteiger partial charge on any atom is -0.493 e. The van der Waals surface area contributed by atoms with Crippen molar-refractivity contribution in [2.75, 3.05) is 21.3 Å². The van der Waals surface area contributed by atoms with Crippen LogP contribution in [0.25, 0.3) is 22.4 Å². The molecule has 4 aromatic rings. The lowest BCUT2D eigenvalue weighted by Gasteiger charge is -2.12. The maximum atomic E-state index is 12.8. The highest BCUT2D eigenvalue weighted by molar-refractivity contribution is 7.15. The van der Waals surface area contributed by atoms with E-state index >= 15 is 0 Å². The number of rotatable bonds is 5. The summed E-state index contributed by atoms with van der Waals surface area (Å²) in [7, 11) is 4.58. The fourth-order valence-corrected chi connectivity index (χ4v) is 4.29. The number of thiazole rings is 1. The van der Waals surface area contributed by atoms with Gasteiger partial charge in [-0.15, -0.1) is 5.10 Å². The normalized spacial score (nSPS) is 11.8. The van der Waals surface area contributed by atoms with Crippen LogP contribution >= 0.6 is 34.5 Å². The number of hydrogen-bond acceptors (Lipinski definition) is 7. The van der Waals surface area contributed by atoms with Gasteiger partial charge in [-0.25, -0.2) is 0 Å². The van der Waals surface area contributed by atoms with E-state index in [0.717, 1.165) is 0 Å². The van der Waals surface area contributed by atoms with E-state index in [-0.39, 0.29) is 5.56 Å². The van der Waals surface area contributed by atoms with E-state index in [1.165, 1.54) is 37.2 Å². The molecule has 0 N–H and O–H groups in total. The first-order valence-corrected chi connectivity index (χ1v) is 10.2. The van der Waals surface area contributed by atoms with E-state index in [0.29, 0.717) is 53.7 Å². The number of fused-ring (bicyclic) bond motifs is 1. The number of hydrogen-bond donors (Lipinski definition) is 0. The molecule has 0 spiro atoms. The highest BCUT2D eigenvalue weighted by atomic mass is 35.5. The minimum atomic E-state index is -0.285. The van der Waals surface area contributed by atoms with Gasteiger partial charge in [-0.2, -0.15) is 9.50 Å². The molecular formula is C20H15Cl2N3O4S. The maximum Gasteiger partial charge on any atom is 0.291 e. The van der Waals surface area contributed by atoms with Gasteiger partial charge in [0.05, 0.1) is 25.9 Å². The number of benzene rings is 2. The summed E-state index contributed by atoms with van der Waals surface area (Å²) >= 11 is 13.4. The molecule has 7 nitrogen and oxygen atoms in total. The van der Waals surface area contributed by atoms with Gasteiger partial charge in [-0.05, 0) is 35.9 Å². The predicted molar refractivity (Wildman–Crippen MR) is 117 cm³/mol. The van der Waals surface area contributed by atoms with Gasteiger partial charge >= 0.3 is 0 Å². The van der Waals surface area contributed by atoms with E-state index in [1.54, 1.807) is 36.4 Å². The smallest absolute Gasteiger partial charge is 0.291 e. The van der Waals surface area contributed by atoms with E-state index < -0.39 is 0 Å². The zero-order valence-corrected chi connectivity index (χ0v) is 18.4. The largest absolute Gasteiger partial charge is 0.493 e. The number of ether oxygens (including phenoxy) is 3. The van der Waals surface area contributed by atoms with E-state index in [9.17, 15) is 4.79 Å². The van der Waals surface area contributed by atoms with Crippen molar-refractivity contribution < 1.29 is 14.2 Å². The topological polar surface area (TPSA) is 75.0 Å². The second kappa shape index (κ2) is 8.14. The van der Waals surface area contributed by atoms with Gasteiger partial charge in [-0.1, -0.05) is 40.6 Å². The molecule has 0 amide bonds. The summed E-state index contributed by atoms with van der Waals surface area (Å²) < 4.78 is 17.8. The Balaban J connectivity index is 1.81. The lowest BCUT2D eigenvalue weighted by atomic mass is 10.1. The van der Waals surface area contributed by atoms with Crippen LogP contribution in [0.4, 0.5) is 0 Å². The molecule has 0 aliphatic heterocycles. The van der Waals surface area contributed by atoms with Crippen molar-refractivity contribution in [3.63, 3.8) is 0 Å². The van der Waals surface area contributed by atoms with Crippen LogP contribution in [0.3, 0.4) is 0 Å². The Labute approximate surface area is 185 Å². The Kier molecular flexibility index (Phi) is 5.55. The van der Waals surface area contributed by atoms with Gasteiger partial charge in [0.1, 0.15) is 0 Å². The SMILES string of the molecule is COc1cc(-c2nc3s/c(=C/c4ccc(Cl)cc4Cl)c(=O)n3n2)cc(OC)c1OC. The van der Waals surface area contributed by atoms with Crippen LogP contribution in [0.5, 0.6) is 17.2 Å². The standard InChI is InChI=1S/C20H15Cl2N3O4S/c1-27-14-6-11(7-15(28-2)17(14)29-3)18-23-20-25(24-18)19(26)16(30-20)8-10-4-5-12(21)9-13(10)22/h4-9H,1-3H3/b16-8+. The Morgan fingerprint density at radius 1 is 1.03 bits per heavy atom. The van der Waals surface area contributed by atoms with Crippen molar-refractivity contribution in [2.24, 2.45) is 0 Å². The van der Waals surface area contributed by atoms with Crippen LogP contribution in [-0.2, 0) is 0 Å². The molecule has 10 heteroatoms. The second-order valence-corrected chi connectivity index (χ2v) is 7.98. The van der Waals surface area contributed by atoms with Crippen molar-refractivity contribution in [1.82, 2.24) is 14.6 Å². The molecule has 0 aliphatic rings. The van der Waals surface area contributed by atoms with E-state index in [4.69, 9.17) is 37.4 Å². The fraction of sp³-hybridized carbons (Fsp3) is 0.150. The minimum absolute atomic E-state index is 0.285. The first-order valence-electron chi connectivity index (χ1n) is 8.62. The van der Waals surface area contributed by atoms with Gasteiger partial charge in [0.2, 0.25) is 10.7 Å². The quantitative estimate of drug-likeness (QED) is 0.449. The van der Waals surface area contributed by atoms with Crippen LogP contribution in [0.1, 0.15) is 5.56 Å². The van der Waals surface area contributed by atoms with Gasteiger partial charge in [-0.3, -0.25) is 4.79 Å². The molecule has 30 heavy (non-hydrogen) atoms. The molecule has 2 heterocycles. The third kappa shape index (κ3) is 3.58. The summed E-state index contributed by atoms with van der Waals surface area (Å²) in [6, 6.07) is 8.54. The summed E-state index contributed by atoms with van der Waals surface area (Å²) in [5, 5.41) is 5.35. The summed E-state index contributed by atoms with van der Waals surface area (Å²) in [5.41, 5.74) is 1.03. The van der Waals surface area contributed by atoms with Crippen molar-refractivity contribution >= 4 is 45.6 Å². The van der Waals surface area contributed by atoms with Gasteiger partial charge in [0.15, 0.2) is 17.3 Å². The van der Waals surface area contributed by atoms with Crippen LogP contribution < -0.4 is 24.3 Å². The van der Waals surface area contributed by atoms with Gasteiger partial charge in [0, 0.05) is 15.6 Å². The molecule has 0 bridgehead atoms. The number of halogens is 2. The molecule has 4 rings (SSSR count). The van der Waals surface area contributed by atoms with Crippen molar-refractivity contribution in [3.05, 3.63) is 60.8 Å². The molecular weight excluding hydrogens is 449 g/mol. The van der Waals surface area contributed by atoms with Gasteiger partial charge < -0.3 is 14.2 Å². The fourth-order valence-electron chi connectivity index (χ4n) is 2.93. The van der Waals surface area contributed by atoms with Crippen LogP contribution in [-0.4, -0.2) is 35.9 Å². The molecule has 2 aromatic heterocycles. The van der Waals surface area contributed by atoms with Crippen LogP contribution in [0.2, 0.25) is 10.0 Å². The first kappa shape index (κ1) is 20.5. The second-order valence-electron chi connectivity index (χ2n) is 6.13. The van der Waals surface area contributed by atoms with Crippen molar-refractivity contribution in [2.45, 2.75) is 0 Å². The monoisotopic (exact) mass is 463 g/mol. The Morgan fingerprint density at radius 2 is 1.73 bits per heavy atom. The molecule has 0 fully saturated rings. The lowest BCUT2D eigenvalue weighted by Crippen LogP contribution is -2.23. The molecule has 2 aromatic carbocycles. The third-order valence-corrected chi connectivity index (χ3v) is 5.88. The summed E-state index contributed by atoms with van der Waals surface area (Å²) in [5.74, 6) is 1.78. The van der Waals surface area contributed by atoms with Crippen LogP contribution in [0.15, 0.2) is 35.1 Å². The van der Waals surface area contributed by atoms with Gasteiger partial charge in [0.25, 0.3) is 5.56 Å². The molecule has 0 aliphatic carbocycles. The van der Waals surface area contributed by atoms with E-state index in [2.05, 4.69) is 10.1 Å². The highest BCUT2D eigenvalue weighted by Gasteiger charge is 2.18. The summed E-state index contributed by atoms with van der Waals surface area (Å²) in [4.78, 5) is 17.8. The molecule has 0 unspecified atom stereocenters. The van der Waals surface area contributed by atoms with Crippen molar-refractivity contribution in [1.29, 1.82) is 0 Å².